The van der Waals surface area contributed by atoms with E-state index in [1.54, 1.807) is 11.3 Å². The summed E-state index contributed by atoms with van der Waals surface area (Å²) in [5.41, 5.74) is 8.26. The summed E-state index contributed by atoms with van der Waals surface area (Å²) >= 11 is 1.60. The largest absolute Gasteiger partial charge is 0.329 e. The molecule has 0 aromatic carbocycles. The summed E-state index contributed by atoms with van der Waals surface area (Å²) in [5, 5.41) is 0. The molecule has 102 valence electrons. The number of aryl methyl sites for hydroxylation is 1. The number of nitrogens with two attached hydrogens (primary N) is 1. The van der Waals surface area contributed by atoms with Gasteiger partial charge in [-0.1, -0.05) is 0 Å². The average Bonchev–Trinajstić information content (AvgIpc) is 2.84. The molecule has 1 aromatic rings. The van der Waals surface area contributed by atoms with Crippen LogP contribution in [0.15, 0.2) is 5.51 Å². The van der Waals surface area contributed by atoms with E-state index in [0.29, 0.717) is 19.5 Å². The molecule has 0 bridgehead atoms. The molecule has 2 rings (SSSR count). The Hall–Kier alpha value is -0.500. The van der Waals surface area contributed by atoms with E-state index in [-0.39, 0.29) is 11.5 Å². The van der Waals surface area contributed by atoms with Gasteiger partial charge in [0.05, 0.1) is 22.7 Å². The lowest BCUT2D eigenvalue weighted by Gasteiger charge is -2.36. The number of hydrogen-bond donors (Lipinski definition) is 1. The second-order valence-electron chi connectivity index (χ2n) is 4.99. The van der Waals surface area contributed by atoms with E-state index in [1.165, 1.54) is 4.88 Å². The van der Waals surface area contributed by atoms with Gasteiger partial charge in [0.15, 0.2) is 9.84 Å². The molecule has 18 heavy (non-hydrogen) atoms. The SMILES string of the molecule is Cc1ncsc1CN(C)C1(CN)CCS(=O)(=O)C1. The number of nitrogens with zero attached hydrogens (tertiary/aromatic N) is 2. The lowest BCUT2D eigenvalue weighted by molar-refractivity contribution is 0.144. The standard InChI is InChI=1S/C11H19N3O2S2/c1-9-10(17-8-13-9)5-14(2)11(6-12)3-4-18(15,16)7-11/h8H,3-7,12H2,1-2H3. The minimum Gasteiger partial charge on any atom is -0.329 e. The fraction of sp³-hybridized carbons (Fsp3) is 0.727. The molecule has 7 heteroatoms. The van der Waals surface area contributed by atoms with Gasteiger partial charge in [-0.2, -0.15) is 0 Å². The van der Waals surface area contributed by atoms with Crippen molar-refractivity contribution in [1.29, 1.82) is 0 Å². The Bertz CT molecular complexity index is 526. The molecular formula is C11H19N3O2S2. The van der Waals surface area contributed by atoms with Gasteiger partial charge < -0.3 is 5.73 Å². The van der Waals surface area contributed by atoms with Gasteiger partial charge >= 0.3 is 0 Å². The molecule has 0 saturated carbocycles. The van der Waals surface area contributed by atoms with Crippen LogP contribution in [0.1, 0.15) is 17.0 Å². The quantitative estimate of drug-likeness (QED) is 0.868. The lowest BCUT2D eigenvalue weighted by Crippen LogP contribution is -2.52. The van der Waals surface area contributed by atoms with E-state index < -0.39 is 15.4 Å². The van der Waals surface area contributed by atoms with Crippen LogP contribution >= 0.6 is 11.3 Å². The first kappa shape index (κ1) is 13.9. The Morgan fingerprint density at radius 3 is 2.78 bits per heavy atom. The molecule has 1 aromatic heterocycles. The van der Waals surface area contributed by atoms with E-state index in [1.807, 2.05) is 19.5 Å². The van der Waals surface area contributed by atoms with Crippen molar-refractivity contribution in [1.82, 2.24) is 9.88 Å². The maximum atomic E-state index is 11.7. The van der Waals surface area contributed by atoms with Gasteiger partial charge in [0.25, 0.3) is 0 Å². The van der Waals surface area contributed by atoms with Crippen LogP contribution in [0.25, 0.3) is 0 Å². The van der Waals surface area contributed by atoms with Crippen LogP contribution in [0, 0.1) is 6.92 Å². The van der Waals surface area contributed by atoms with Gasteiger partial charge in [0.2, 0.25) is 0 Å². The monoisotopic (exact) mass is 289 g/mol. The molecular weight excluding hydrogens is 270 g/mol. The Morgan fingerprint density at radius 2 is 2.33 bits per heavy atom. The number of sulfone groups is 1. The Labute approximate surface area is 112 Å². The Kier molecular flexibility index (Phi) is 3.77. The zero-order chi connectivity index (χ0) is 13.4. The van der Waals surface area contributed by atoms with Crippen LogP contribution in [0.5, 0.6) is 0 Å². The summed E-state index contributed by atoms with van der Waals surface area (Å²) in [4.78, 5) is 7.47. The minimum atomic E-state index is -2.93. The van der Waals surface area contributed by atoms with Gasteiger partial charge in [-0.3, -0.25) is 4.90 Å². The molecule has 1 aliphatic rings. The van der Waals surface area contributed by atoms with Crippen molar-refractivity contribution < 1.29 is 8.42 Å². The highest BCUT2D eigenvalue weighted by Gasteiger charge is 2.44. The van der Waals surface area contributed by atoms with Crippen molar-refractivity contribution in [3.05, 3.63) is 16.1 Å². The first-order chi connectivity index (χ1) is 8.38. The predicted molar refractivity (Wildman–Crippen MR) is 73.4 cm³/mol. The molecule has 1 atom stereocenters. The first-order valence-electron chi connectivity index (χ1n) is 5.89. The highest BCUT2D eigenvalue weighted by Crippen LogP contribution is 2.30. The second kappa shape index (κ2) is 4.88. The number of aromatic nitrogens is 1. The minimum absolute atomic E-state index is 0.171. The van der Waals surface area contributed by atoms with E-state index in [2.05, 4.69) is 9.88 Å². The van der Waals surface area contributed by atoms with Gasteiger partial charge in [-0.05, 0) is 20.4 Å². The summed E-state index contributed by atoms with van der Waals surface area (Å²) in [7, 11) is -0.983. The highest BCUT2D eigenvalue weighted by atomic mass is 32.2. The van der Waals surface area contributed by atoms with Crippen molar-refractivity contribution in [2.75, 3.05) is 25.1 Å². The van der Waals surface area contributed by atoms with E-state index in [4.69, 9.17) is 5.73 Å². The summed E-state index contributed by atoms with van der Waals surface area (Å²) in [6.07, 6.45) is 0.625. The van der Waals surface area contributed by atoms with Crippen molar-refractivity contribution in [3.8, 4) is 0 Å². The predicted octanol–water partition coefficient (Wildman–Crippen LogP) is 0.399. The van der Waals surface area contributed by atoms with Crippen molar-refractivity contribution in [2.24, 2.45) is 5.73 Å². The molecule has 1 saturated heterocycles. The van der Waals surface area contributed by atoms with Gasteiger partial charge in [0.1, 0.15) is 0 Å². The zero-order valence-corrected chi connectivity index (χ0v) is 12.4. The van der Waals surface area contributed by atoms with Gasteiger partial charge in [-0.15, -0.1) is 11.3 Å². The molecule has 1 unspecified atom stereocenters. The smallest absolute Gasteiger partial charge is 0.152 e. The molecule has 2 N–H and O–H groups in total. The van der Waals surface area contributed by atoms with Gasteiger partial charge in [-0.25, -0.2) is 13.4 Å². The second-order valence-corrected chi connectivity index (χ2v) is 8.11. The van der Waals surface area contributed by atoms with Crippen molar-refractivity contribution in [2.45, 2.75) is 25.4 Å². The molecule has 0 aliphatic carbocycles. The lowest BCUT2D eigenvalue weighted by atomic mass is 9.97. The van der Waals surface area contributed by atoms with Crippen molar-refractivity contribution >= 4 is 21.2 Å². The average molecular weight is 289 g/mol. The molecule has 2 heterocycles. The van der Waals surface area contributed by atoms with Crippen LogP contribution in [0.4, 0.5) is 0 Å². The Morgan fingerprint density at radius 1 is 1.61 bits per heavy atom. The highest BCUT2D eigenvalue weighted by molar-refractivity contribution is 7.91. The van der Waals surface area contributed by atoms with Crippen LogP contribution in [0.3, 0.4) is 0 Å². The summed E-state index contributed by atoms with van der Waals surface area (Å²) < 4.78 is 23.4. The third kappa shape index (κ3) is 2.59. The number of rotatable bonds is 4. The van der Waals surface area contributed by atoms with E-state index >= 15 is 0 Å². The first-order valence-corrected chi connectivity index (χ1v) is 8.59. The number of likely N-dealkylation sites (N-methyl/N-ethyl adjacent to an activating group) is 1. The molecule has 0 amide bonds. The fourth-order valence-electron chi connectivity index (χ4n) is 2.38. The maximum absolute atomic E-state index is 11.7. The number of hydrogen-bond acceptors (Lipinski definition) is 6. The Balaban J connectivity index is 2.17. The summed E-state index contributed by atoms with van der Waals surface area (Å²) in [6.45, 7) is 3.06. The molecule has 0 radical (unpaired) electrons. The third-order valence-corrected chi connectivity index (χ3v) is 6.51. The van der Waals surface area contributed by atoms with Crippen molar-refractivity contribution in [3.63, 3.8) is 0 Å². The molecule has 1 aliphatic heterocycles. The molecule has 0 spiro atoms. The summed E-state index contributed by atoms with van der Waals surface area (Å²) in [6, 6.07) is 0. The van der Waals surface area contributed by atoms with Crippen LogP contribution in [0.2, 0.25) is 0 Å². The van der Waals surface area contributed by atoms with E-state index in [0.717, 1.165) is 5.69 Å². The normalized spacial score (nSPS) is 26.9. The summed E-state index contributed by atoms with van der Waals surface area (Å²) in [5.74, 6) is 0.418. The van der Waals surface area contributed by atoms with Crippen LogP contribution in [-0.2, 0) is 16.4 Å². The van der Waals surface area contributed by atoms with Crippen LogP contribution in [-0.4, -0.2) is 48.9 Å². The zero-order valence-electron chi connectivity index (χ0n) is 10.7. The number of thiazole rings is 1. The molecule has 1 fully saturated rings. The van der Waals surface area contributed by atoms with Crippen LogP contribution < -0.4 is 5.73 Å². The third-order valence-electron chi connectivity index (χ3n) is 3.78. The molecule has 5 nitrogen and oxygen atoms in total. The maximum Gasteiger partial charge on any atom is 0.152 e. The fourth-order valence-corrected chi connectivity index (χ4v) is 5.34. The topological polar surface area (TPSA) is 76.3 Å². The van der Waals surface area contributed by atoms with E-state index in [9.17, 15) is 8.42 Å². The van der Waals surface area contributed by atoms with Gasteiger partial charge in [0, 0.05) is 23.5 Å².